The maximum absolute atomic E-state index is 13.0. The molecular weight excluding hydrogens is 499 g/mol. The topological polar surface area (TPSA) is 84.8 Å². The highest BCUT2D eigenvalue weighted by atomic mass is 35.5. The van der Waals surface area contributed by atoms with E-state index in [0.717, 1.165) is 24.9 Å². The normalized spacial score (nSPS) is 20.0. The van der Waals surface area contributed by atoms with E-state index >= 15 is 0 Å². The summed E-state index contributed by atoms with van der Waals surface area (Å²) in [5.74, 6) is 1.24. The first-order valence-corrected chi connectivity index (χ1v) is 12.6. The maximum Gasteiger partial charge on any atom is 0.240 e. The van der Waals surface area contributed by atoms with E-state index in [0.29, 0.717) is 59.6 Å². The van der Waals surface area contributed by atoms with Gasteiger partial charge in [-0.05, 0) is 44.0 Å². The van der Waals surface area contributed by atoms with Gasteiger partial charge in [-0.3, -0.25) is 9.69 Å². The second-order valence-corrected chi connectivity index (χ2v) is 9.88. The van der Waals surface area contributed by atoms with E-state index < -0.39 is 0 Å². The highest BCUT2D eigenvalue weighted by Crippen LogP contribution is 2.31. The molecule has 1 aromatic carbocycles. The van der Waals surface area contributed by atoms with Gasteiger partial charge in [-0.15, -0.1) is 0 Å². The molecule has 34 heavy (non-hydrogen) atoms. The molecule has 0 saturated carbocycles. The Balaban J connectivity index is 1.39. The van der Waals surface area contributed by atoms with Crippen molar-refractivity contribution in [1.29, 1.82) is 0 Å². The minimum Gasteiger partial charge on any atom is -0.395 e. The van der Waals surface area contributed by atoms with E-state index in [-0.39, 0.29) is 24.6 Å². The molecule has 1 unspecified atom stereocenters. The molecule has 4 rings (SSSR count). The SMILES string of the molecule is CC(Nc1nc(N2CCN(C(=O)[C@H]3CCCN3CCO)CC2)ncc1Cl)c1ccc(Cl)cc1Cl. The molecular formula is C23H29Cl3N6O2. The van der Waals surface area contributed by atoms with Crippen LogP contribution >= 0.6 is 34.8 Å². The Bertz CT molecular complexity index is 1020. The molecule has 11 heteroatoms. The van der Waals surface area contributed by atoms with Crippen molar-refractivity contribution in [3.63, 3.8) is 0 Å². The molecule has 1 aromatic heterocycles. The summed E-state index contributed by atoms with van der Waals surface area (Å²) < 4.78 is 0. The largest absolute Gasteiger partial charge is 0.395 e. The fraction of sp³-hybridized carbons (Fsp3) is 0.522. The van der Waals surface area contributed by atoms with E-state index in [1.807, 2.05) is 17.9 Å². The quantitative estimate of drug-likeness (QED) is 0.568. The van der Waals surface area contributed by atoms with Crippen molar-refractivity contribution in [1.82, 2.24) is 19.8 Å². The Hall–Kier alpha value is -1.84. The number of β-amino-alcohol motifs (C(OH)–C–C–N with tert-alkyl or cyclic N) is 1. The lowest BCUT2D eigenvalue weighted by Gasteiger charge is -2.37. The van der Waals surface area contributed by atoms with Gasteiger partial charge < -0.3 is 20.2 Å². The summed E-state index contributed by atoms with van der Waals surface area (Å²) in [6.45, 7) is 5.94. The lowest BCUT2D eigenvalue weighted by atomic mass is 10.1. The standard InChI is InChI=1S/C23H29Cl3N6O2/c1-15(17-5-4-16(24)13-18(17)25)28-21-19(26)14-27-23(29-21)32-9-7-31(8-10-32)22(34)20-3-2-6-30(20)11-12-33/h4-5,13-15,20,33H,2-3,6-12H2,1H3,(H,27,28,29)/t15?,20-/m1/s1. The van der Waals surface area contributed by atoms with Crippen LogP contribution in [0, 0.1) is 0 Å². The Kier molecular flexibility index (Phi) is 8.37. The van der Waals surface area contributed by atoms with Crippen LogP contribution in [-0.2, 0) is 4.79 Å². The number of carbonyl (C=O) groups is 1. The van der Waals surface area contributed by atoms with Crippen molar-refractivity contribution in [3.8, 4) is 0 Å². The fourth-order valence-electron chi connectivity index (χ4n) is 4.59. The number of rotatable bonds is 7. The molecule has 0 radical (unpaired) electrons. The van der Waals surface area contributed by atoms with E-state index in [9.17, 15) is 9.90 Å². The molecule has 0 aliphatic carbocycles. The number of amides is 1. The predicted octanol–water partition coefficient (Wildman–Crippen LogP) is 3.72. The van der Waals surface area contributed by atoms with Gasteiger partial charge in [-0.2, -0.15) is 4.98 Å². The van der Waals surface area contributed by atoms with Crippen LogP contribution in [0.4, 0.5) is 11.8 Å². The summed E-state index contributed by atoms with van der Waals surface area (Å²) >= 11 is 18.7. The van der Waals surface area contributed by atoms with Gasteiger partial charge in [0.15, 0.2) is 5.82 Å². The van der Waals surface area contributed by atoms with E-state index in [4.69, 9.17) is 34.8 Å². The number of anilines is 2. The smallest absolute Gasteiger partial charge is 0.240 e. The van der Waals surface area contributed by atoms with E-state index in [1.54, 1.807) is 18.3 Å². The van der Waals surface area contributed by atoms with E-state index in [2.05, 4.69) is 25.1 Å². The van der Waals surface area contributed by atoms with Gasteiger partial charge >= 0.3 is 0 Å². The molecule has 2 saturated heterocycles. The number of aliphatic hydroxyl groups excluding tert-OH is 1. The van der Waals surface area contributed by atoms with Gasteiger partial charge in [0.25, 0.3) is 0 Å². The van der Waals surface area contributed by atoms with Crippen LogP contribution in [0.25, 0.3) is 0 Å². The number of hydrogen-bond donors (Lipinski definition) is 2. The summed E-state index contributed by atoms with van der Waals surface area (Å²) in [7, 11) is 0. The minimum atomic E-state index is -0.146. The van der Waals surface area contributed by atoms with Crippen molar-refractivity contribution < 1.29 is 9.90 Å². The Morgan fingerprint density at radius 1 is 1.18 bits per heavy atom. The molecule has 2 atom stereocenters. The molecule has 2 aromatic rings. The van der Waals surface area contributed by atoms with Crippen LogP contribution in [0.3, 0.4) is 0 Å². The zero-order valence-electron chi connectivity index (χ0n) is 19.1. The van der Waals surface area contributed by atoms with Gasteiger partial charge in [0.2, 0.25) is 11.9 Å². The highest BCUT2D eigenvalue weighted by Gasteiger charge is 2.34. The number of benzene rings is 1. The number of nitrogens with one attached hydrogen (secondary N) is 1. The first-order chi connectivity index (χ1) is 16.4. The molecule has 2 aliphatic heterocycles. The fourth-order valence-corrected chi connectivity index (χ4v) is 5.30. The van der Waals surface area contributed by atoms with Gasteiger partial charge in [-0.1, -0.05) is 40.9 Å². The molecule has 0 bridgehead atoms. The lowest BCUT2D eigenvalue weighted by molar-refractivity contribution is -0.136. The van der Waals surface area contributed by atoms with Gasteiger partial charge in [0, 0.05) is 42.8 Å². The first kappa shape index (κ1) is 25.3. The van der Waals surface area contributed by atoms with Crippen molar-refractivity contribution in [3.05, 3.63) is 45.0 Å². The number of aromatic nitrogens is 2. The van der Waals surface area contributed by atoms with Crippen LogP contribution in [0.5, 0.6) is 0 Å². The molecule has 8 nitrogen and oxygen atoms in total. The molecule has 2 aliphatic rings. The Labute approximate surface area is 214 Å². The number of carbonyl (C=O) groups excluding carboxylic acids is 1. The van der Waals surface area contributed by atoms with Crippen LogP contribution in [-0.4, -0.2) is 82.7 Å². The van der Waals surface area contributed by atoms with Crippen molar-refractivity contribution >= 4 is 52.5 Å². The Morgan fingerprint density at radius 3 is 2.65 bits per heavy atom. The second kappa shape index (κ2) is 11.3. The number of piperazine rings is 1. The summed E-state index contributed by atoms with van der Waals surface area (Å²) in [5, 5.41) is 14.2. The van der Waals surface area contributed by atoms with Gasteiger partial charge in [-0.25, -0.2) is 4.98 Å². The minimum absolute atomic E-state index is 0.0741. The van der Waals surface area contributed by atoms with Crippen LogP contribution in [0.1, 0.15) is 31.4 Å². The van der Waals surface area contributed by atoms with Crippen molar-refractivity contribution in [2.75, 3.05) is 56.1 Å². The molecule has 0 spiro atoms. The first-order valence-electron chi connectivity index (χ1n) is 11.5. The lowest BCUT2D eigenvalue weighted by Crippen LogP contribution is -2.54. The van der Waals surface area contributed by atoms with E-state index in [1.165, 1.54) is 0 Å². The molecule has 2 fully saturated rings. The monoisotopic (exact) mass is 526 g/mol. The summed E-state index contributed by atoms with van der Waals surface area (Å²) in [6.07, 6.45) is 3.43. The average molecular weight is 528 g/mol. The third-order valence-electron chi connectivity index (χ3n) is 6.42. The van der Waals surface area contributed by atoms with Gasteiger partial charge in [0.1, 0.15) is 5.02 Å². The predicted molar refractivity (Wildman–Crippen MR) is 136 cm³/mol. The number of aliphatic hydroxyl groups is 1. The number of likely N-dealkylation sites (tertiary alicyclic amines) is 1. The zero-order valence-corrected chi connectivity index (χ0v) is 21.3. The number of hydrogen-bond acceptors (Lipinski definition) is 7. The summed E-state index contributed by atoms with van der Waals surface area (Å²) in [4.78, 5) is 28.2. The van der Waals surface area contributed by atoms with Crippen LogP contribution < -0.4 is 10.2 Å². The molecule has 184 valence electrons. The maximum atomic E-state index is 13.0. The molecule has 2 N–H and O–H groups in total. The summed E-state index contributed by atoms with van der Waals surface area (Å²) in [6, 6.07) is 5.11. The average Bonchev–Trinajstić information content (AvgIpc) is 3.28. The highest BCUT2D eigenvalue weighted by molar-refractivity contribution is 6.35. The number of halogens is 3. The second-order valence-electron chi connectivity index (χ2n) is 8.63. The molecule has 1 amide bonds. The molecule has 3 heterocycles. The Morgan fingerprint density at radius 2 is 1.94 bits per heavy atom. The number of nitrogens with zero attached hydrogens (tertiary/aromatic N) is 5. The van der Waals surface area contributed by atoms with Crippen molar-refractivity contribution in [2.45, 2.75) is 31.8 Å². The van der Waals surface area contributed by atoms with Crippen LogP contribution in [0.2, 0.25) is 15.1 Å². The third-order valence-corrected chi connectivity index (χ3v) is 7.26. The van der Waals surface area contributed by atoms with Gasteiger partial charge in [0.05, 0.1) is 24.9 Å². The summed E-state index contributed by atoms with van der Waals surface area (Å²) in [5.41, 5.74) is 0.886. The van der Waals surface area contributed by atoms with Crippen LogP contribution in [0.15, 0.2) is 24.4 Å². The third kappa shape index (κ3) is 5.69. The zero-order chi connectivity index (χ0) is 24.2. The van der Waals surface area contributed by atoms with Crippen molar-refractivity contribution in [2.24, 2.45) is 0 Å².